The van der Waals surface area contributed by atoms with Crippen LogP contribution in [0.2, 0.25) is 0 Å². The Morgan fingerprint density at radius 3 is 2.79 bits per heavy atom. The number of thiophene rings is 1. The second kappa shape index (κ2) is 6.81. The van der Waals surface area contributed by atoms with Gasteiger partial charge in [-0.25, -0.2) is 0 Å². The molecule has 0 spiro atoms. The predicted octanol–water partition coefficient (Wildman–Crippen LogP) is 1.23. The standard InChI is InChI=1S/C14H24N2O2S/c1-12-3-4-13(19-12)9-15-10-14(2,17)11-16-5-7-18-8-6-16/h3-4,15,17H,5-11H2,1-2H3. The molecule has 0 bridgehead atoms. The average Bonchev–Trinajstić information content (AvgIpc) is 2.75. The normalized spacial score (nSPS) is 20.4. The summed E-state index contributed by atoms with van der Waals surface area (Å²) in [6.07, 6.45) is 0. The molecule has 108 valence electrons. The Morgan fingerprint density at radius 1 is 1.42 bits per heavy atom. The molecular weight excluding hydrogens is 260 g/mol. The molecule has 0 radical (unpaired) electrons. The van der Waals surface area contributed by atoms with Gasteiger partial charge in [0.25, 0.3) is 0 Å². The van der Waals surface area contributed by atoms with Crippen molar-refractivity contribution >= 4 is 11.3 Å². The van der Waals surface area contributed by atoms with Gasteiger partial charge in [-0.2, -0.15) is 0 Å². The molecule has 1 aliphatic heterocycles. The summed E-state index contributed by atoms with van der Waals surface area (Å²) in [5.74, 6) is 0. The van der Waals surface area contributed by atoms with Crippen LogP contribution in [0.4, 0.5) is 0 Å². The maximum atomic E-state index is 10.4. The van der Waals surface area contributed by atoms with Crippen molar-refractivity contribution in [2.45, 2.75) is 26.0 Å². The highest BCUT2D eigenvalue weighted by Crippen LogP contribution is 2.15. The Balaban J connectivity index is 1.70. The topological polar surface area (TPSA) is 44.7 Å². The zero-order chi connectivity index (χ0) is 13.7. The van der Waals surface area contributed by atoms with Crippen molar-refractivity contribution in [1.82, 2.24) is 10.2 Å². The molecule has 1 atom stereocenters. The maximum absolute atomic E-state index is 10.4. The number of hydrogen-bond acceptors (Lipinski definition) is 5. The summed E-state index contributed by atoms with van der Waals surface area (Å²) in [6.45, 7) is 9.54. The van der Waals surface area contributed by atoms with E-state index < -0.39 is 5.60 Å². The van der Waals surface area contributed by atoms with Crippen LogP contribution < -0.4 is 5.32 Å². The highest BCUT2D eigenvalue weighted by Gasteiger charge is 2.24. The lowest BCUT2D eigenvalue weighted by Gasteiger charge is -2.33. The van der Waals surface area contributed by atoms with Crippen molar-refractivity contribution in [2.24, 2.45) is 0 Å². The van der Waals surface area contributed by atoms with Gasteiger partial charge in [-0.3, -0.25) is 4.90 Å². The van der Waals surface area contributed by atoms with E-state index >= 15 is 0 Å². The molecule has 19 heavy (non-hydrogen) atoms. The number of rotatable bonds is 6. The van der Waals surface area contributed by atoms with E-state index in [4.69, 9.17) is 4.74 Å². The largest absolute Gasteiger partial charge is 0.388 e. The molecule has 2 rings (SSSR count). The van der Waals surface area contributed by atoms with Crippen molar-refractivity contribution in [3.63, 3.8) is 0 Å². The summed E-state index contributed by atoms with van der Waals surface area (Å²) in [4.78, 5) is 4.91. The van der Waals surface area contributed by atoms with Crippen LogP contribution in [-0.4, -0.2) is 55.0 Å². The Bertz CT molecular complexity index is 387. The third-order valence-corrected chi connectivity index (χ3v) is 4.27. The number of aliphatic hydroxyl groups is 1. The number of morpholine rings is 1. The number of nitrogens with zero attached hydrogens (tertiary/aromatic N) is 1. The maximum Gasteiger partial charge on any atom is 0.0869 e. The van der Waals surface area contributed by atoms with Gasteiger partial charge in [-0.1, -0.05) is 0 Å². The van der Waals surface area contributed by atoms with Crippen LogP contribution in [0, 0.1) is 6.92 Å². The van der Waals surface area contributed by atoms with Crippen molar-refractivity contribution in [2.75, 3.05) is 39.4 Å². The minimum Gasteiger partial charge on any atom is -0.388 e. The van der Waals surface area contributed by atoms with E-state index in [1.54, 1.807) is 11.3 Å². The molecule has 1 saturated heterocycles. The van der Waals surface area contributed by atoms with E-state index in [-0.39, 0.29) is 0 Å². The number of aryl methyl sites for hydroxylation is 1. The average molecular weight is 284 g/mol. The molecule has 2 heterocycles. The summed E-state index contributed by atoms with van der Waals surface area (Å²) in [7, 11) is 0. The lowest BCUT2D eigenvalue weighted by molar-refractivity contribution is -0.0219. The first-order chi connectivity index (χ1) is 9.05. The van der Waals surface area contributed by atoms with Gasteiger partial charge in [0.1, 0.15) is 0 Å². The Kier molecular flexibility index (Phi) is 5.36. The highest BCUT2D eigenvalue weighted by atomic mass is 32.1. The summed E-state index contributed by atoms with van der Waals surface area (Å²) in [6, 6.07) is 4.28. The minimum atomic E-state index is -0.691. The summed E-state index contributed by atoms with van der Waals surface area (Å²) < 4.78 is 5.32. The second-order valence-electron chi connectivity index (χ2n) is 5.50. The van der Waals surface area contributed by atoms with E-state index in [1.165, 1.54) is 9.75 Å². The zero-order valence-electron chi connectivity index (χ0n) is 11.8. The third-order valence-electron chi connectivity index (χ3n) is 3.27. The van der Waals surface area contributed by atoms with Gasteiger partial charge in [-0.05, 0) is 26.0 Å². The molecule has 5 heteroatoms. The third kappa shape index (κ3) is 5.20. The van der Waals surface area contributed by atoms with E-state index in [0.717, 1.165) is 32.8 Å². The highest BCUT2D eigenvalue weighted by molar-refractivity contribution is 7.11. The fourth-order valence-electron chi connectivity index (χ4n) is 2.33. The second-order valence-corrected chi connectivity index (χ2v) is 6.87. The van der Waals surface area contributed by atoms with Gasteiger partial charge in [0, 0.05) is 42.5 Å². The molecule has 4 nitrogen and oxygen atoms in total. The van der Waals surface area contributed by atoms with Gasteiger partial charge in [0.2, 0.25) is 0 Å². The minimum absolute atomic E-state index is 0.612. The fraction of sp³-hybridized carbons (Fsp3) is 0.714. The molecule has 2 N–H and O–H groups in total. The van der Waals surface area contributed by atoms with Gasteiger partial charge < -0.3 is 15.2 Å². The monoisotopic (exact) mass is 284 g/mol. The van der Waals surface area contributed by atoms with Crippen molar-refractivity contribution in [3.05, 3.63) is 21.9 Å². The van der Waals surface area contributed by atoms with Crippen molar-refractivity contribution < 1.29 is 9.84 Å². The summed E-state index contributed by atoms with van der Waals surface area (Å²) in [5.41, 5.74) is -0.691. The summed E-state index contributed by atoms with van der Waals surface area (Å²) >= 11 is 1.80. The van der Waals surface area contributed by atoms with Gasteiger partial charge in [0.05, 0.1) is 18.8 Å². The Morgan fingerprint density at radius 2 is 2.16 bits per heavy atom. The number of β-amino-alcohol motifs (C(OH)–C–C–N with tert-alkyl or cyclic N) is 1. The van der Waals surface area contributed by atoms with Crippen LogP contribution in [0.3, 0.4) is 0 Å². The predicted molar refractivity (Wildman–Crippen MR) is 78.6 cm³/mol. The number of hydrogen-bond donors (Lipinski definition) is 2. The number of ether oxygens (including phenoxy) is 1. The van der Waals surface area contributed by atoms with Crippen molar-refractivity contribution in [1.29, 1.82) is 0 Å². The fourth-order valence-corrected chi connectivity index (χ4v) is 3.19. The first kappa shape index (κ1) is 14.9. The zero-order valence-corrected chi connectivity index (χ0v) is 12.6. The van der Waals surface area contributed by atoms with Crippen LogP contribution in [-0.2, 0) is 11.3 Å². The van der Waals surface area contributed by atoms with Crippen LogP contribution in [0.25, 0.3) is 0 Å². The number of nitrogens with one attached hydrogen (secondary N) is 1. The molecule has 1 aliphatic rings. The SMILES string of the molecule is Cc1ccc(CNCC(C)(O)CN2CCOCC2)s1. The Labute approximate surface area is 119 Å². The quantitative estimate of drug-likeness (QED) is 0.825. The lowest BCUT2D eigenvalue weighted by atomic mass is 10.1. The van der Waals surface area contributed by atoms with E-state index in [9.17, 15) is 5.11 Å². The smallest absolute Gasteiger partial charge is 0.0869 e. The van der Waals surface area contributed by atoms with Gasteiger partial charge >= 0.3 is 0 Å². The molecule has 0 aliphatic carbocycles. The summed E-state index contributed by atoms with van der Waals surface area (Å²) in [5, 5.41) is 13.8. The lowest BCUT2D eigenvalue weighted by Crippen LogP contribution is -2.50. The van der Waals surface area contributed by atoms with E-state index in [1.807, 2.05) is 6.92 Å². The van der Waals surface area contributed by atoms with Crippen molar-refractivity contribution in [3.8, 4) is 0 Å². The molecule has 0 aromatic carbocycles. The molecule has 1 unspecified atom stereocenters. The first-order valence-electron chi connectivity index (χ1n) is 6.84. The van der Waals surface area contributed by atoms with Gasteiger partial charge in [-0.15, -0.1) is 11.3 Å². The molecule has 1 fully saturated rings. The van der Waals surface area contributed by atoms with Crippen LogP contribution in [0.1, 0.15) is 16.7 Å². The molecular formula is C14H24N2O2S. The van der Waals surface area contributed by atoms with Crippen LogP contribution in [0.15, 0.2) is 12.1 Å². The molecule has 1 aromatic heterocycles. The molecule has 1 aromatic rings. The Hall–Kier alpha value is -0.460. The molecule has 0 amide bonds. The first-order valence-corrected chi connectivity index (χ1v) is 7.65. The van der Waals surface area contributed by atoms with E-state index in [0.29, 0.717) is 13.1 Å². The van der Waals surface area contributed by atoms with E-state index in [2.05, 4.69) is 29.3 Å². The van der Waals surface area contributed by atoms with Crippen LogP contribution in [0.5, 0.6) is 0 Å². The molecule has 0 saturated carbocycles. The van der Waals surface area contributed by atoms with Crippen LogP contribution >= 0.6 is 11.3 Å². The van der Waals surface area contributed by atoms with Gasteiger partial charge in [0.15, 0.2) is 0 Å².